The predicted molar refractivity (Wildman–Crippen MR) is 91.6 cm³/mol. The minimum Gasteiger partial charge on any atom is -0.468 e. The van der Waals surface area contributed by atoms with Gasteiger partial charge in [-0.15, -0.1) is 0 Å². The lowest BCUT2D eigenvalue weighted by molar-refractivity contribution is -0.171. The van der Waals surface area contributed by atoms with Crippen molar-refractivity contribution in [3.8, 4) is 5.75 Å². The van der Waals surface area contributed by atoms with Gasteiger partial charge in [-0.3, -0.25) is 9.59 Å². The van der Waals surface area contributed by atoms with Crippen molar-refractivity contribution in [2.24, 2.45) is 5.92 Å². The van der Waals surface area contributed by atoms with Crippen LogP contribution in [0, 0.1) is 5.92 Å². The Labute approximate surface area is 143 Å². The van der Waals surface area contributed by atoms with Crippen LogP contribution in [-0.2, 0) is 9.59 Å². The minimum absolute atomic E-state index is 0.110. The number of hydrogen-bond acceptors (Lipinski definition) is 3. The van der Waals surface area contributed by atoms with Crippen molar-refractivity contribution in [2.45, 2.75) is 57.7 Å². The second kappa shape index (κ2) is 6.11. The molecule has 1 N–H and O–H groups in total. The fraction of sp³-hybridized carbons (Fsp3) is 0.579. The average molecular weight is 330 g/mol. The Bertz CT molecular complexity index is 656. The zero-order chi connectivity index (χ0) is 17.5. The third-order valence-corrected chi connectivity index (χ3v) is 5.57. The molecule has 2 aliphatic heterocycles. The molecule has 1 aromatic rings. The molecule has 2 heterocycles. The number of benzene rings is 1. The summed E-state index contributed by atoms with van der Waals surface area (Å²) < 4.78 is 6.10. The van der Waals surface area contributed by atoms with E-state index in [9.17, 15) is 9.59 Å². The quantitative estimate of drug-likeness (QED) is 0.864. The number of carbonyl (C=O) groups is 2. The van der Waals surface area contributed by atoms with Crippen molar-refractivity contribution in [1.82, 2.24) is 10.2 Å². The number of ether oxygens (including phenoxy) is 1. The summed E-state index contributed by atoms with van der Waals surface area (Å²) in [4.78, 5) is 27.4. The van der Waals surface area contributed by atoms with Gasteiger partial charge in [0, 0.05) is 25.4 Å². The standard InChI is InChI=1S/C19H26N2O3/c1-5-12(6-2)20-17(22)16-14-11-19(3,21(4)18(16)23)24-15-10-8-7-9-13(14)15/h7-10,12,14,16H,5-6,11H2,1-4H3,(H,20,22)/t14-,16-,19+/m1/s1. The molecular weight excluding hydrogens is 304 g/mol. The van der Waals surface area contributed by atoms with Gasteiger partial charge in [0.1, 0.15) is 11.7 Å². The maximum absolute atomic E-state index is 12.9. The fourth-order valence-corrected chi connectivity index (χ4v) is 3.87. The lowest BCUT2D eigenvalue weighted by Gasteiger charge is -2.51. The molecule has 0 radical (unpaired) electrons. The molecule has 3 rings (SSSR count). The summed E-state index contributed by atoms with van der Waals surface area (Å²) in [5.41, 5.74) is 0.267. The number of carbonyl (C=O) groups excluding carboxylic acids is 2. The largest absolute Gasteiger partial charge is 0.468 e. The first-order valence-corrected chi connectivity index (χ1v) is 8.77. The van der Waals surface area contributed by atoms with Crippen LogP contribution in [-0.4, -0.2) is 35.5 Å². The first-order valence-electron chi connectivity index (χ1n) is 8.77. The highest BCUT2D eigenvalue weighted by molar-refractivity contribution is 6.02. The van der Waals surface area contributed by atoms with Gasteiger partial charge in [0.05, 0.1) is 0 Å². The van der Waals surface area contributed by atoms with Crippen LogP contribution in [0.25, 0.3) is 0 Å². The molecule has 0 spiro atoms. The Balaban J connectivity index is 1.98. The van der Waals surface area contributed by atoms with E-state index in [1.165, 1.54) is 0 Å². The summed E-state index contributed by atoms with van der Waals surface area (Å²) in [5.74, 6) is -0.376. The summed E-state index contributed by atoms with van der Waals surface area (Å²) in [5, 5.41) is 3.06. The lowest BCUT2D eigenvalue weighted by Crippen LogP contribution is -2.63. The third kappa shape index (κ3) is 2.56. The van der Waals surface area contributed by atoms with E-state index in [4.69, 9.17) is 4.74 Å². The molecule has 5 heteroatoms. The van der Waals surface area contributed by atoms with Crippen LogP contribution >= 0.6 is 0 Å². The van der Waals surface area contributed by atoms with Gasteiger partial charge in [0.15, 0.2) is 5.72 Å². The van der Waals surface area contributed by atoms with E-state index in [1.807, 2.05) is 45.0 Å². The van der Waals surface area contributed by atoms with Gasteiger partial charge in [-0.25, -0.2) is 0 Å². The Morgan fingerprint density at radius 2 is 2.04 bits per heavy atom. The van der Waals surface area contributed by atoms with Crippen molar-refractivity contribution in [1.29, 1.82) is 0 Å². The van der Waals surface area contributed by atoms with Crippen LogP contribution in [0.5, 0.6) is 5.75 Å². The highest BCUT2D eigenvalue weighted by Crippen LogP contribution is 2.49. The molecular formula is C19H26N2O3. The van der Waals surface area contributed by atoms with Crippen LogP contribution in [0.2, 0.25) is 0 Å². The van der Waals surface area contributed by atoms with Crippen LogP contribution in [0.15, 0.2) is 24.3 Å². The normalized spacial score (nSPS) is 28.4. The molecule has 0 aliphatic carbocycles. The molecule has 1 aromatic carbocycles. The molecule has 5 nitrogen and oxygen atoms in total. The fourth-order valence-electron chi connectivity index (χ4n) is 3.87. The Kier molecular flexibility index (Phi) is 4.28. The van der Waals surface area contributed by atoms with Gasteiger partial charge in [-0.1, -0.05) is 32.0 Å². The number of likely N-dealkylation sites (tertiary alicyclic amines) is 1. The Morgan fingerprint density at radius 1 is 1.38 bits per heavy atom. The Hall–Kier alpha value is -2.04. The van der Waals surface area contributed by atoms with E-state index in [0.717, 1.165) is 24.2 Å². The predicted octanol–water partition coefficient (Wildman–Crippen LogP) is 2.66. The molecule has 0 saturated carbocycles. The van der Waals surface area contributed by atoms with Crippen molar-refractivity contribution in [3.05, 3.63) is 29.8 Å². The summed E-state index contributed by atoms with van der Waals surface area (Å²) in [6, 6.07) is 7.85. The van der Waals surface area contributed by atoms with Gasteiger partial charge < -0.3 is 15.0 Å². The molecule has 1 fully saturated rings. The van der Waals surface area contributed by atoms with Crippen molar-refractivity contribution < 1.29 is 14.3 Å². The number of nitrogens with zero attached hydrogens (tertiary/aromatic N) is 1. The zero-order valence-electron chi connectivity index (χ0n) is 14.8. The van der Waals surface area contributed by atoms with Crippen molar-refractivity contribution in [2.75, 3.05) is 7.05 Å². The maximum Gasteiger partial charge on any atom is 0.238 e. The van der Waals surface area contributed by atoms with E-state index in [2.05, 4.69) is 5.32 Å². The molecule has 2 bridgehead atoms. The van der Waals surface area contributed by atoms with Crippen molar-refractivity contribution >= 4 is 11.8 Å². The highest BCUT2D eigenvalue weighted by atomic mass is 16.5. The smallest absolute Gasteiger partial charge is 0.238 e. The van der Waals surface area contributed by atoms with Crippen LogP contribution < -0.4 is 10.1 Å². The second-order valence-corrected chi connectivity index (χ2v) is 7.02. The maximum atomic E-state index is 12.9. The monoisotopic (exact) mass is 330 g/mol. The van der Waals surface area contributed by atoms with E-state index in [1.54, 1.807) is 11.9 Å². The molecule has 0 unspecified atom stereocenters. The second-order valence-electron chi connectivity index (χ2n) is 7.02. The van der Waals surface area contributed by atoms with Gasteiger partial charge in [-0.2, -0.15) is 0 Å². The van der Waals surface area contributed by atoms with E-state index >= 15 is 0 Å². The van der Waals surface area contributed by atoms with Crippen molar-refractivity contribution in [3.63, 3.8) is 0 Å². The van der Waals surface area contributed by atoms with Crippen LogP contribution in [0.4, 0.5) is 0 Å². The van der Waals surface area contributed by atoms with Gasteiger partial charge in [0.2, 0.25) is 11.8 Å². The highest BCUT2D eigenvalue weighted by Gasteiger charge is 2.54. The first-order chi connectivity index (χ1) is 11.4. The lowest BCUT2D eigenvalue weighted by atomic mass is 9.73. The number of hydrogen-bond donors (Lipinski definition) is 1. The molecule has 2 amide bonds. The average Bonchev–Trinajstić information content (AvgIpc) is 2.57. The number of piperidine rings is 1. The van der Waals surface area contributed by atoms with E-state index in [-0.39, 0.29) is 23.8 Å². The first kappa shape index (κ1) is 16.8. The zero-order valence-corrected chi connectivity index (χ0v) is 14.8. The molecule has 3 atom stereocenters. The van der Waals surface area contributed by atoms with Gasteiger partial charge >= 0.3 is 0 Å². The topological polar surface area (TPSA) is 58.6 Å². The summed E-state index contributed by atoms with van der Waals surface area (Å²) in [6.07, 6.45) is 2.36. The van der Waals surface area contributed by atoms with Gasteiger partial charge in [-0.05, 0) is 31.4 Å². The molecule has 24 heavy (non-hydrogen) atoms. The number of rotatable bonds is 4. The van der Waals surface area contributed by atoms with E-state index < -0.39 is 11.6 Å². The number of nitrogens with one attached hydrogen (secondary N) is 1. The van der Waals surface area contributed by atoms with Gasteiger partial charge in [0.25, 0.3) is 0 Å². The van der Waals surface area contributed by atoms with E-state index in [0.29, 0.717) is 6.42 Å². The minimum atomic E-state index is -0.693. The third-order valence-electron chi connectivity index (χ3n) is 5.57. The number of fused-ring (bicyclic) bond motifs is 4. The summed E-state index contributed by atoms with van der Waals surface area (Å²) in [7, 11) is 1.73. The molecule has 2 aliphatic rings. The Morgan fingerprint density at radius 3 is 2.71 bits per heavy atom. The van der Waals surface area contributed by atoms with Crippen LogP contribution in [0.3, 0.4) is 0 Å². The number of amides is 2. The molecule has 0 aromatic heterocycles. The summed E-state index contributed by atoms with van der Waals surface area (Å²) in [6.45, 7) is 6.01. The molecule has 130 valence electrons. The van der Waals surface area contributed by atoms with Crippen LogP contribution in [0.1, 0.15) is 51.5 Å². The SMILES string of the molecule is CCC(CC)NC(=O)[C@@H]1C(=O)N(C)[C@]2(C)C[C@@H]1c1ccccc1O2. The molecule has 1 saturated heterocycles. The number of para-hydroxylation sites is 1. The summed E-state index contributed by atoms with van der Waals surface area (Å²) >= 11 is 0.